The molecule has 160 valence electrons. The number of thiocarbonyl (C=S) groups is 1. The number of aromatic hydroxyl groups is 1. The second kappa shape index (κ2) is 8.30. The molecule has 0 amide bonds. The Morgan fingerprint density at radius 3 is 2.59 bits per heavy atom. The maximum atomic E-state index is 10.7. The van der Waals surface area contributed by atoms with Crippen LogP contribution in [0, 0.1) is 6.92 Å². The molecule has 32 heavy (non-hydrogen) atoms. The van der Waals surface area contributed by atoms with Gasteiger partial charge >= 0.3 is 0 Å². The molecule has 2 aromatic heterocycles. The Kier molecular flexibility index (Phi) is 5.33. The molecular weight excluding hydrogens is 440 g/mol. The van der Waals surface area contributed by atoms with Crippen molar-refractivity contribution in [3.05, 3.63) is 107 Å². The molecule has 0 bridgehead atoms. The third kappa shape index (κ3) is 3.61. The molecule has 4 aromatic rings. The molecule has 5 nitrogen and oxygen atoms in total. The number of nitrogens with zero attached hydrogens (tertiary/aromatic N) is 3. The molecule has 2 N–H and O–H groups in total. The maximum Gasteiger partial charge on any atom is 0.174 e. The maximum absolute atomic E-state index is 10.7. The molecule has 1 saturated heterocycles. The van der Waals surface area contributed by atoms with Gasteiger partial charge in [0.1, 0.15) is 11.8 Å². The number of rotatable bonds is 4. The van der Waals surface area contributed by atoms with Crippen molar-refractivity contribution in [2.24, 2.45) is 0 Å². The highest BCUT2D eigenvalue weighted by Crippen LogP contribution is 2.45. The highest BCUT2D eigenvalue weighted by Gasteiger charge is 2.43. The first-order valence-corrected chi connectivity index (χ1v) is 11.0. The quantitative estimate of drug-likeness (QED) is 0.381. The molecule has 7 heteroatoms. The van der Waals surface area contributed by atoms with Crippen molar-refractivity contribution in [2.75, 3.05) is 4.90 Å². The first-order chi connectivity index (χ1) is 15.5. The molecule has 0 saturated carbocycles. The second-order valence-electron chi connectivity index (χ2n) is 7.77. The van der Waals surface area contributed by atoms with Crippen molar-refractivity contribution in [1.29, 1.82) is 0 Å². The number of anilines is 1. The fourth-order valence-corrected chi connectivity index (χ4v) is 4.69. The van der Waals surface area contributed by atoms with Crippen molar-refractivity contribution in [3.8, 4) is 11.4 Å². The Morgan fingerprint density at radius 1 is 1.03 bits per heavy atom. The van der Waals surface area contributed by atoms with Crippen LogP contribution >= 0.6 is 23.8 Å². The zero-order valence-corrected chi connectivity index (χ0v) is 18.9. The number of aromatic nitrogens is 2. The van der Waals surface area contributed by atoms with E-state index in [0.29, 0.717) is 15.8 Å². The lowest BCUT2D eigenvalue weighted by molar-refractivity contribution is 0.472. The van der Waals surface area contributed by atoms with Crippen molar-refractivity contribution < 1.29 is 5.11 Å². The van der Waals surface area contributed by atoms with E-state index in [-0.39, 0.29) is 17.8 Å². The number of halogens is 1. The molecule has 3 heterocycles. The summed E-state index contributed by atoms with van der Waals surface area (Å²) in [6, 6.07) is 22.8. The summed E-state index contributed by atoms with van der Waals surface area (Å²) in [5.74, 6) is 0.110. The van der Waals surface area contributed by atoms with Gasteiger partial charge in [-0.15, -0.1) is 0 Å². The number of phenolic OH excluding ortho intramolecular Hbond substituents is 1. The highest BCUT2D eigenvalue weighted by molar-refractivity contribution is 7.80. The Bertz CT molecular complexity index is 1270. The van der Waals surface area contributed by atoms with E-state index in [2.05, 4.69) is 52.1 Å². The lowest BCUT2D eigenvalue weighted by Gasteiger charge is -2.29. The molecule has 0 aliphatic carbocycles. The summed E-state index contributed by atoms with van der Waals surface area (Å²) in [5, 5.41) is 15.1. The van der Waals surface area contributed by atoms with Crippen LogP contribution in [0.1, 0.15) is 29.0 Å². The first kappa shape index (κ1) is 20.5. The Balaban J connectivity index is 1.69. The van der Waals surface area contributed by atoms with Gasteiger partial charge in [-0.25, -0.2) is 0 Å². The molecule has 5 rings (SSSR count). The van der Waals surface area contributed by atoms with Crippen LogP contribution in [0.15, 0.2) is 85.2 Å². The summed E-state index contributed by atoms with van der Waals surface area (Å²) in [4.78, 5) is 6.52. The minimum absolute atomic E-state index is 0.110. The minimum atomic E-state index is -0.266. The van der Waals surface area contributed by atoms with Gasteiger partial charge in [-0.2, -0.15) is 0 Å². The van der Waals surface area contributed by atoms with Gasteiger partial charge < -0.3 is 19.9 Å². The van der Waals surface area contributed by atoms with Gasteiger partial charge in [0.05, 0.1) is 17.4 Å². The Morgan fingerprint density at radius 2 is 1.84 bits per heavy atom. The molecule has 0 radical (unpaired) electrons. The van der Waals surface area contributed by atoms with Gasteiger partial charge in [0.2, 0.25) is 0 Å². The number of aryl methyl sites for hydroxylation is 1. The minimum Gasteiger partial charge on any atom is -0.506 e. The molecular formula is C25H21ClN4OS. The predicted molar refractivity (Wildman–Crippen MR) is 132 cm³/mol. The van der Waals surface area contributed by atoms with E-state index in [1.807, 2.05) is 35.4 Å². The van der Waals surface area contributed by atoms with Crippen LogP contribution in [-0.2, 0) is 0 Å². The first-order valence-electron chi connectivity index (χ1n) is 10.3. The summed E-state index contributed by atoms with van der Waals surface area (Å²) < 4.78 is 2.14. The fourth-order valence-electron chi connectivity index (χ4n) is 4.18. The van der Waals surface area contributed by atoms with Crippen LogP contribution < -0.4 is 10.2 Å². The standard InChI is InChI=1S/C25H21ClN4OS/c1-16-7-10-18(11-8-16)29-14-4-6-20(29)24-23(19-5-2-3-13-27-19)28-25(32)30(24)21-15-17(26)9-12-22(21)31/h2-15,23-24,31H,1H3,(H,28,32)/t23-,24+/m0/s1. The monoisotopic (exact) mass is 460 g/mol. The Hall–Kier alpha value is -3.35. The number of pyridine rings is 1. The lowest BCUT2D eigenvalue weighted by atomic mass is 10.0. The topological polar surface area (TPSA) is 53.3 Å². The van der Waals surface area contributed by atoms with E-state index in [0.717, 1.165) is 17.1 Å². The van der Waals surface area contributed by atoms with Crippen molar-refractivity contribution in [1.82, 2.24) is 14.9 Å². The van der Waals surface area contributed by atoms with E-state index >= 15 is 0 Å². The fraction of sp³-hybridized carbons (Fsp3) is 0.120. The number of hydrogen-bond donors (Lipinski definition) is 2. The van der Waals surface area contributed by atoms with E-state index in [4.69, 9.17) is 23.8 Å². The highest BCUT2D eigenvalue weighted by atomic mass is 35.5. The average Bonchev–Trinajstić information content (AvgIpc) is 3.41. The zero-order valence-electron chi connectivity index (χ0n) is 17.3. The van der Waals surface area contributed by atoms with Crippen LogP contribution in [0.2, 0.25) is 5.02 Å². The molecule has 2 atom stereocenters. The number of benzene rings is 2. The van der Waals surface area contributed by atoms with Gasteiger partial charge in [0.15, 0.2) is 5.11 Å². The number of phenols is 1. The van der Waals surface area contributed by atoms with Crippen LogP contribution in [0.3, 0.4) is 0 Å². The van der Waals surface area contributed by atoms with Crippen LogP contribution in [0.25, 0.3) is 5.69 Å². The normalized spacial score (nSPS) is 18.1. The third-order valence-corrected chi connectivity index (χ3v) is 6.24. The smallest absolute Gasteiger partial charge is 0.174 e. The van der Waals surface area contributed by atoms with Gasteiger partial charge in [-0.05, 0) is 73.7 Å². The van der Waals surface area contributed by atoms with E-state index in [1.165, 1.54) is 5.56 Å². The summed E-state index contributed by atoms with van der Waals surface area (Å²) in [5.41, 5.74) is 4.67. The van der Waals surface area contributed by atoms with Gasteiger partial charge in [0.25, 0.3) is 0 Å². The lowest BCUT2D eigenvalue weighted by Crippen LogP contribution is -2.30. The van der Waals surface area contributed by atoms with Gasteiger partial charge in [-0.3, -0.25) is 4.98 Å². The van der Waals surface area contributed by atoms with Gasteiger partial charge in [0, 0.05) is 28.8 Å². The van der Waals surface area contributed by atoms with Crippen molar-refractivity contribution in [3.63, 3.8) is 0 Å². The van der Waals surface area contributed by atoms with E-state index in [9.17, 15) is 5.11 Å². The third-order valence-electron chi connectivity index (χ3n) is 5.69. The van der Waals surface area contributed by atoms with E-state index in [1.54, 1.807) is 24.4 Å². The molecule has 1 aliphatic rings. The van der Waals surface area contributed by atoms with Crippen molar-refractivity contribution in [2.45, 2.75) is 19.0 Å². The SMILES string of the molecule is Cc1ccc(-n2cccc2[C@@H]2[C@H](c3ccccn3)NC(=S)N2c2cc(Cl)ccc2O)cc1. The summed E-state index contributed by atoms with van der Waals surface area (Å²) >= 11 is 12.0. The molecule has 2 aromatic carbocycles. The molecule has 1 aliphatic heterocycles. The summed E-state index contributed by atoms with van der Waals surface area (Å²) in [6.45, 7) is 2.07. The molecule has 1 fully saturated rings. The zero-order chi connectivity index (χ0) is 22.2. The van der Waals surface area contributed by atoms with Crippen molar-refractivity contribution >= 4 is 34.6 Å². The second-order valence-corrected chi connectivity index (χ2v) is 8.59. The average molecular weight is 461 g/mol. The molecule has 0 unspecified atom stereocenters. The van der Waals surface area contributed by atoms with E-state index < -0.39 is 0 Å². The van der Waals surface area contributed by atoms with Crippen LogP contribution in [0.5, 0.6) is 5.75 Å². The van der Waals surface area contributed by atoms with Crippen LogP contribution in [-0.4, -0.2) is 19.8 Å². The van der Waals surface area contributed by atoms with Gasteiger partial charge in [-0.1, -0.05) is 35.4 Å². The molecule has 0 spiro atoms. The number of nitrogens with one attached hydrogen (secondary N) is 1. The predicted octanol–water partition coefficient (Wildman–Crippen LogP) is 5.72. The summed E-state index contributed by atoms with van der Waals surface area (Å²) in [6.07, 6.45) is 3.81. The number of hydrogen-bond acceptors (Lipinski definition) is 3. The van der Waals surface area contributed by atoms with Crippen LogP contribution in [0.4, 0.5) is 5.69 Å². The Labute approximate surface area is 196 Å². The summed E-state index contributed by atoms with van der Waals surface area (Å²) in [7, 11) is 0. The largest absolute Gasteiger partial charge is 0.506 e.